The summed E-state index contributed by atoms with van der Waals surface area (Å²) in [4.78, 5) is 14.0. The van der Waals surface area contributed by atoms with Gasteiger partial charge in [0.25, 0.3) is 0 Å². The maximum Gasteiger partial charge on any atom is 0.243 e. The van der Waals surface area contributed by atoms with E-state index in [4.69, 9.17) is 0 Å². The summed E-state index contributed by atoms with van der Waals surface area (Å²) in [6.07, 6.45) is 3.41. The second-order valence-corrected chi connectivity index (χ2v) is 5.82. The van der Waals surface area contributed by atoms with Gasteiger partial charge in [0.05, 0.1) is 12.2 Å². The average Bonchev–Trinajstić information content (AvgIpc) is 2.69. The Labute approximate surface area is 88.6 Å². The van der Waals surface area contributed by atoms with E-state index < -0.39 is 0 Å². The highest BCUT2D eigenvalue weighted by molar-refractivity contribution is 7.99. The molecule has 2 saturated heterocycles. The zero-order chi connectivity index (χ0) is 9.60. The Morgan fingerprint density at radius 1 is 1.57 bits per heavy atom. The zero-order valence-corrected chi connectivity index (χ0v) is 9.11. The number of rotatable bonds is 2. The molecule has 3 rings (SSSR count). The summed E-state index contributed by atoms with van der Waals surface area (Å²) in [6, 6.07) is 0. The number of nitrogens with one attached hydrogen (secondary N) is 1. The van der Waals surface area contributed by atoms with Crippen LogP contribution >= 0.6 is 11.8 Å². The van der Waals surface area contributed by atoms with Gasteiger partial charge in [-0.2, -0.15) is 11.8 Å². The van der Waals surface area contributed by atoms with Crippen LogP contribution < -0.4 is 5.32 Å². The van der Waals surface area contributed by atoms with E-state index in [1.54, 1.807) is 0 Å². The molecule has 78 valence electrons. The molecule has 3 nitrogen and oxygen atoms in total. The van der Waals surface area contributed by atoms with E-state index in [1.165, 1.54) is 17.9 Å². The first-order chi connectivity index (χ1) is 6.80. The van der Waals surface area contributed by atoms with Gasteiger partial charge in [0.1, 0.15) is 0 Å². The molecule has 1 unspecified atom stereocenters. The van der Waals surface area contributed by atoms with E-state index in [9.17, 15) is 4.79 Å². The van der Waals surface area contributed by atoms with E-state index in [0.717, 1.165) is 32.0 Å². The topological polar surface area (TPSA) is 32.3 Å². The average molecular weight is 212 g/mol. The quantitative estimate of drug-likeness (QED) is 0.730. The number of carbonyl (C=O) groups is 1. The molecule has 1 N–H and O–H groups in total. The fourth-order valence-electron chi connectivity index (χ4n) is 2.40. The first kappa shape index (κ1) is 9.04. The van der Waals surface area contributed by atoms with Gasteiger partial charge in [-0.25, -0.2) is 0 Å². The predicted molar refractivity (Wildman–Crippen MR) is 57.1 cm³/mol. The Kier molecular flexibility index (Phi) is 2.02. The number of carbonyl (C=O) groups excluding carboxylic acids is 1. The molecule has 2 aliphatic heterocycles. The second-order valence-electron chi connectivity index (χ2n) is 4.67. The third-order valence-electron chi connectivity index (χ3n) is 3.56. The van der Waals surface area contributed by atoms with E-state index in [-0.39, 0.29) is 5.54 Å². The van der Waals surface area contributed by atoms with Gasteiger partial charge in [0.15, 0.2) is 0 Å². The van der Waals surface area contributed by atoms with E-state index in [1.807, 2.05) is 16.7 Å². The number of nitrogens with zero attached hydrogens (tertiary/aromatic N) is 1. The SMILES string of the molecule is O=C1N(CC2CCSC2)CNC12CC2. The molecule has 0 bridgehead atoms. The van der Waals surface area contributed by atoms with Gasteiger partial charge in [-0.15, -0.1) is 0 Å². The van der Waals surface area contributed by atoms with Crippen molar-refractivity contribution in [2.75, 3.05) is 24.7 Å². The molecular weight excluding hydrogens is 196 g/mol. The molecular formula is C10H16N2OS. The van der Waals surface area contributed by atoms with E-state index in [0.29, 0.717) is 5.91 Å². The molecule has 0 aromatic carbocycles. The molecule has 0 aromatic heterocycles. The second kappa shape index (κ2) is 3.14. The molecule has 1 aliphatic carbocycles. The standard InChI is InChI=1S/C10H16N2OS/c13-9-10(2-3-10)11-7-12(9)5-8-1-4-14-6-8/h8,11H,1-7H2. The highest BCUT2D eigenvalue weighted by Crippen LogP contribution is 2.40. The van der Waals surface area contributed by atoms with Crippen molar-refractivity contribution in [1.82, 2.24) is 10.2 Å². The first-order valence-electron chi connectivity index (χ1n) is 5.42. The molecule has 4 heteroatoms. The van der Waals surface area contributed by atoms with Crippen LogP contribution in [0.25, 0.3) is 0 Å². The summed E-state index contributed by atoms with van der Waals surface area (Å²) in [5.41, 5.74) is -0.0915. The molecule has 1 amide bonds. The van der Waals surface area contributed by atoms with Crippen LogP contribution in [0.15, 0.2) is 0 Å². The van der Waals surface area contributed by atoms with Gasteiger partial charge in [-0.3, -0.25) is 10.1 Å². The van der Waals surface area contributed by atoms with E-state index in [2.05, 4.69) is 5.32 Å². The largest absolute Gasteiger partial charge is 0.328 e. The van der Waals surface area contributed by atoms with Crippen molar-refractivity contribution in [2.24, 2.45) is 5.92 Å². The minimum Gasteiger partial charge on any atom is -0.328 e. The Hall–Kier alpha value is -0.220. The molecule has 0 radical (unpaired) electrons. The smallest absolute Gasteiger partial charge is 0.243 e. The van der Waals surface area contributed by atoms with Crippen molar-refractivity contribution in [2.45, 2.75) is 24.8 Å². The van der Waals surface area contributed by atoms with Crippen LogP contribution in [0, 0.1) is 5.92 Å². The summed E-state index contributed by atoms with van der Waals surface area (Å²) < 4.78 is 0. The van der Waals surface area contributed by atoms with Gasteiger partial charge in [0.2, 0.25) is 5.91 Å². The maximum absolute atomic E-state index is 11.9. The lowest BCUT2D eigenvalue weighted by molar-refractivity contribution is -0.130. The number of hydrogen-bond donors (Lipinski definition) is 1. The lowest BCUT2D eigenvalue weighted by Gasteiger charge is -2.19. The van der Waals surface area contributed by atoms with Crippen molar-refractivity contribution in [3.8, 4) is 0 Å². The fourth-order valence-corrected chi connectivity index (χ4v) is 3.67. The fraction of sp³-hybridized carbons (Fsp3) is 0.900. The Balaban J connectivity index is 1.60. The molecule has 1 saturated carbocycles. The van der Waals surface area contributed by atoms with Crippen molar-refractivity contribution in [1.29, 1.82) is 0 Å². The van der Waals surface area contributed by atoms with Crippen molar-refractivity contribution in [3.05, 3.63) is 0 Å². The van der Waals surface area contributed by atoms with Crippen molar-refractivity contribution < 1.29 is 4.79 Å². The molecule has 14 heavy (non-hydrogen) atoms. The summed E-state index contributed by atoms with van der Waals surface area (Å²) >= 11 is 2.02. The molecule has 2 heterocycles. The molecule has 3 aliphatic rings. The highest BCUT2D eigenvalue weighted by atomic mass is 32.2. The van der Waals surface area contributed by atoms with Crippen molar-refractivity contribution in [3.63, 3.8) is 0 Å². The molecule has 1 spiro atoms. The highest BCUT2D eigenvalue weighted by Gasteiger charge is 2.55. The van der Waals surface area contributed by atoms with Gasteiger partial charge < -0.3 is 4.90 Å². The van der Waals surface area contributed by atoms with Crippen LogP contribution in [-0.4, -0.2) is 41.1 Å². The predicted octanol–water partition coefficient (Wildman–Crippen LogP) is 0.661. The van der Waals surface area contributed by atoms with Crippen LogP contribution in [-0.2, 0) is 4.79 Å². The van der Waals surface area contributed by atoms with Gasteiger partial charge in [0, 0.05) is 6.54 Å². The minimum absolute atomic E-state index is 0.0915. The normalized spacial score (nSPS) is 34.4. The van der Waals surface area contributed by atoms with Crippen LogP contribution in [0.4, 0.5) is 0 Å². The third-order valence-corrected chi connectivity index (χ3v) is 4.79. The lowest BCUT2D eigenvalue weighted by atomic mass is 10.1. The van der Waals surface area contributed by atoms with Crippen LogP contribution in [0.1, 0.15) is 19.3 Å². The Morgan fingerprint density at radius 2 is 2.43 bits per heavy atom. The number of hydrogen-bond acceptors (Lipinski definition) is 3. The van der Waals surface area contributed by atoms with Gasteiger partial charge in [-0.05, 0) is 36.7 Å². The molecule has 1 atom stereocenters. The monoisotopic (exact) mass is 212 g/mol. The molecule has 0 aromatic rings. The Morgan fingerprint density at radius 3 is 3.00 bits per heavy atom. The van der Waals surface area contributed by atoms with E-state index >= 15 is 0 Å². The first-order valence-corrected chi connectivity index (χ1v) is 6.58. The summed E-state index contributed by atoms with van der Waals surface area (Å²) in [6.45, 7) is 1.78. The zero-order valence-electron chi connectivity index (χ0n) is 8.29. The van der Waals surface area contributed by atoms with Crippen LogP contribution in [0.2, 0.25) is 0 Å². The summed E-state index contributed by atoms with van der Waals surface area (Å²) in [7, 11) is 0. The third kappa shape index (κ3) is 1.36. The number of thioether (sulfide) groups is 1. The van der Waals surface area contributed by atoms with Gasteiger partial charge >= 0.3 is 0 Å². The van der Waals surface area contributed by atoms with Crippen molar-refractivity contribution >= 4 is 17.7 Å². The lowest BCUT2D eigenvalue weighted by Crippen LogP contribution is -2.35. The van der Waals surface area contributed by atoms with Crippen LogP contribution in [0.3, 0.4) is 0 Å². The molecule has 3 fully saturated rings. The summed E-state index contributed by atoms with van der Waals surface area (Å²) in [5, 5.41) is 3.35. The maximum atomic E-state index is 11.9. The number of amides is 1. The van der Waals surface area contributed by atoms with Crippen LogP contribution in [0.5, 0.6) is 0 Å². The van der Waals surface area contributed by atoms with Gasteiger partial charge in [-0.1, -0.05) is 0 Å². The minimum atomic E-state index is -0.0915. The summed E-state index contributed by atoms with van der Waals surface area (Å²) in [5.74, 6) is 3.65. The Bertz CT molecular complexity index is 259.